The molecule has 0 aromatic heterocycles. The third-order valence-corrected chi connectivity index (χ3v) is 8.16. The maximum absolute atomic E-state index is 12.3. The highest BCUT2D eigenvalue weighted by molar-refractivity contribution is 5.97. The molecule has 3 aliphatic rings. The molecule has 37 heavy (non-hydrogen) atoms. The number of rotatable bonds is 8. The molecule has 3 saturated carbocycles. The number of hydrogen-bond acceptors (Lipinski definition) is 5. The Labute approximate surface area is 220 Å². The van der Waals surface area contributed by atoms with Crippen LogP contribution in [0.1, 0.15) is 67.6 Å². The van der Waals surface area contributed by atoms with E-state index in [1.54, 1.807) is 24.3 Å². The fourth-order valence-corrected chi connectivity index (χ4v) is 5.71. The SMILES string of the molecule is C.CC1(C)[C@H]2CC[C@@H](CNCc3ccc(C#Cc4ccc(C(=O)N[C@@H](CN)C(=O)NO)cc4)cc3)[C@@H]1C2. The lowest BCUT2D eigenvalue weighted by atomic mass is 9.45. The minimum atomic E-state index is -1.01. The molecule has 0 spiro atoms. The van der Waals surface area contributed by atoms with Crippen molar-refractivity contribution in [2.24, 2.45) is 28.9 Å². The second-order valence-electron chi connectivity index (χ2n) is 10.6. The molecule has 0 heterocycles. The molecule has 5 rings (SSSR count). The van der Waals surface area contributed by atoms with E-state index in [2.05, 4.69) is 48.5 Å². The number of fused-ring (bicyclic) bond motifs is 2. The number of carbonyl (C=O) groups is 2. The minimum absolute atomic E-state index is 0. The van der Waals surface area contributed by atoms with E-state index in [1.807, 2.05) is 12.1 Å². The maximum atomic E-state index is 12.3. The summed E-state index contributed by atoms with van der Waals surface area (Å²) in [6.07, 6.45) is 4.17. The van der Waals surface area contributed by atoms with Crippen LogP contribution in [0.3, 0.4) is 0 Å². The van der Waals surface area contributed by atoms with Gasteiger partial charge in [0.1, 0.15) is 6.04 Å². The highest BCUT2D eigenvalue weighted by Gasteiger charge is 2.53. The number of hydrogen-bond donors (Lipinski definition) is 5. The van der Waals surface area contributed by atoms with E-state index in [0.29, 0.717) is 11.0 Å². The van der Waals surface area contributed by atoms with Gasteiger partial charge in [-0.3, -0.25) is 14.8 Å². The molecule has 2 amide bonds. The molecule has 0 radical (unpaired) electrons. The summed E-state index contributed by atoms with van der Waals surface area (Å²) in [6.45, 7) is 6.73. The van der Waals surface area contributed by atoms with Crippen molar-refractivity contribution in [3.05, 3.63) is 70.8 Å². The molecule has 2 bridgehead atoms. The van der Waals surface area contributed by atoms with Gasteiger partial charge < -0.3 is 16.4 Å². The number of carbonyl (C=O) groups excluding carboxylic acids is 2. The van der Waals surface area contributed by atoms with Crippen LogP contribution in [0.5, 0.6) is 0 Å². The largest absolute Gasteiger partial charge is 0.339 e. The second-order valence-corrected chi connectivity index (χ2v) is 10.6. The summed E-state index contributed by atoms with van der Waals surface area (Å²) < 4.78 is 0. The fraction of sp³-hybridized carbons (Fsp3) is 0.467. The van der Waals surface area contributed by atoms with Crippen molar-refractivity contribution in [3.63, 3.8) is 0 Å². The lowest BCUT2D eigenvalue weighted by molar-refractivity contribution is -0.130. The number of benzene rings is 2. The molecule has 0 unspecified atom stereocenters. The normalized spacial score (nSPS) is 21.8. The molecule has 2 aromatic carbocycles. The molecule has 198 valence electrons. The molecular weight excluding hydrogens is 464 g/mol. The summed E-state index contributed by atoms with van der Waals surface area (Å²) >= 11 is 0. The quantitative estimate of drug-likeness (QED) is 0.215. The van der Waals surface area contributed by atoms with Crippen LogP contribution in [-0.4, -0.2) is 36.2 Å². The Kier molecular flexibility index (Phi) is 9.50. The van der Waals surface area contributed by atoms with Gasteiger partial charge in [-0.15, -0.1) is 0 Å². The average molecular weight is 505 g/mol. The van der Waals surface area contributed by atoms with E-state index in [-0.39, 0.29) is 14.0 Å². The van der Waals surface area contributed by atoms with Gasteiger partial charge in [0.2, 0.25) is 0 Å². The number of nitrogens with one attached hydrogen (secondary N) is 3. The molecule has 7 nitrogen and oxygen atoms in total. The van der Waals surface area contributed by atoms with Gasteiger partial charge in [0, 0.05) is 29.8 Å². The Balaban J connectivity index is 0.00000380. The zero-order valence-corrected chi connectivity index (χ0v) is 21.0. The van der Waals surface area contributed by atoms with Crippen molar-refractivity contribution in [2.45, 2.75) is 53.1 Å². The molecule has 3 fully saturated rings. The van der Waals surface area contributed by atoms with Gasteiger partial charge in [0.05, 0.1) is 0 Å². The van der Waals surface area contributed by atoms with Crippen molar-refractivity contribution >= 4 is 11.8 Å². The van der Waals surface area contributed by atoms with E-state index in [1.165, 1.54) is 30.3 Å². The van der Waals surface area contributed by atoms with Gasteiger partial charge in [-0.2, -0.15) is 0 Å². The third kappa shape index (κ3) is 6.58. The van der Waals surface area contributed by atoms with E-state index < -0.39 is 17.9 Å². The van der Waals surface area contributed by atoms with Crippen LogP contribution in [-0.2, 0) is 11.3 Å². The molecule has 4 atom stereocenters. The van der Waals surface area contributed by atoms with Crippen LogP contribution in [0.25, 0.3) is 0 Å². The van der Waals surface area contributed by atoms with Crippen molar-refractivity contribution in [2.75, 3.05) is 13.1 Å². The third-order valence-electron chi connectivity index (χ3n) is 8.16. The van der Waals surface area contributed by atoms with E-state index >= 15 is 0 Å². The smallest absolute Gasteiger partial charge is 0.267 e. The predicted octanol–water partition coefficient (Wildman–Crippen LogP) is 3.45. The van der Waals surface area contributed by atoms with E-state index in [0.717, 1.165) is 42.0 Å². The van der Waals surface area contributed by atoms with Gasteiger partial charge in [-0.1, -0.05) is 45.2 Å². The fourth-order valence-electron chi connectivity index (χ4n) is 5.71. The van der Waals surface area contributed by atoms with E-state index in [9.17, 15) is 9.59 Å². The Morgan fingerprint density at radius 2 is 1.68 bits per heavy atom. The van der Waals surface area contributed by atoms with Crippen LogP contribution in [0.4, 0.5) is 0 Å². The summed E-state index contributed by atoms with van der Waals surface area (Å²) in [6, 6.07) is 14.1. The first kappa shape index (κ1) is 28.4. The van der Waals surface area contributed by atoms with Crippen molar-refractivity contribution in [1.82, 2.24) is 16.1 Å². The van der Waals surface area contributed by atoms with Gasteiger partial charge in [0.15, 0.2) is 0 Å². The first-order valence-electron chi connectivity index (χ1n) is 12.7. The summed E-state index contributed by atoms with van der Waals surface area (Å²) in [4.78, 5) is 23.8. The molecule has 2 aromatic rings. The highest BCUT2D eigenvalue weighted by atomic mass is 16.5. The molecule has 7 heteroatoms. The summed E-state index contributed by atoms with van der Waals surface area (Å²) in [7, 11) is 0. The molecule has 0 aliphatic heterocycles. The lowest BCUT2D eigenvalue weighted by Crippen LogP contribution is -2.54. The second kappa shape index (κ2) is 12.4. The summed E-state index contributed by atoms with van der Waals surface area (Å²) in [5.41, 5.74) is 10.8. The minimum Gasteiger partial charge on any atom is -0.339 e. The average Bonchev–Trinajstić information content (AvgIpc) is 2.91. The van der Waals surface area contributed by atoms with Crippen LogP contribution in [0, 0.1) is 35.0 Å². The molecule has 3 aliphatic carbocycles. The zero-order chi connectivity index (χ0) is 25.7. The summed E-state index contributed by atoms with van der Waals surface area (Å²) in [5.74, 6) is 7.68. The Morgan fingerprint density at radius 1 is 1.05 bits per heavy atom. The molecule has 6 N–H and O–H groups in total. The Morgan fingerprint density at radius 3 is 2.22 bits per heavy atom. The number of nitrogens with two attached hydrogens (primary N) is 1. The highest BCUT2D eigenvalue weighted by Crippen LogP contribution is 2.61. The van der Waals surface area contributed by atoms with E-state index in [4.69, 9.17) is 10.9 Å². The predicted molar refractivity (Wildman–Crippen MR) is 146 cm³/mol. The molecular formula is C30H40N4O3. The lowest BCUT2D eigenvalue weighted by Gasteiger charge is -2.60. The van der Waals surface area contributed by atoms with Crippen molar-refractivity contribution in [3.8, 4) is 11.8 Å². The first-order valence-corrected chi connectivity index (χ1v) is 12.7. The Hall–Kier alpha value is -3.18. The number of amides is 2. The standard InChI is InChI=1S/C29H36N4O3.CH4/c1-29(2)24-14-13-23(25(29)15-24)18-31-17-21-7-5-19(6-8-21)3-4-20-9-11-22(12-10-20)27(34)32-26(16-30)28(35)33-36;/h5-12,23-26,31,36H,13-18,30H2,1-2H3,(H,32,34)(H,33,35);1H4/t23-,24-,25-,26-;/m0./s1. The van der Waals surface area contributed by atoms with Crippen LogP contribution < -0.4 is 21.8 Å². The van der Waals surface area contributed by atoms with Crippen LogP contribution in [0.2, 0.25) is 0 Å². The van der Waals surface area contributed by atoms with Crippen LogP contribution in [0.15, 0.2) is 48.5 Å². The van der Waals surface area contributed by atoms with Crippen molar-refractivity contribution in [1.29, 1.82) is 0 Å². The maximum Gasteiger partial charge on any atom is 0.267 e. The monoisotopic (exact) mass is 504 g/mol. The first-order chi connectivity index (χ1) is 17.3. The number of hydroxylamine groups is 1. The van der Waals surface area contributed by atoms with Gasteiger partial charge in [-0.25, -0.2) is 5.48 Å². The zero-order valence-electron chi connectivity index (χ0n) is 21.0. The van der Waals surface area contributed by atoms with Gasteiger partial charge >= 0.3 is 0 Å². The molecule has 0 saturated heterocycles. The van der Waals surface area contributed by atoms with Gasteiger partial charge in [-0.05, 0) is 90.9 Å². The van der Waals surface area contributed by atoms with Gasteiger partial charge in [0.25, 0.3) is 11.8 Å². The Bertz CT molecular complexity index is 1130. The van der Waals surface area contributed by atoms with Crippen molar-refractivity contribution < 1.29 is 14.8 Å². The van der Waals surface area contributed by atoms with Crippen LogP contribution >= 0.6 is 0 Å². The summed E-state index contributed by atoms with van der Waals surface area (Å²) in [5, 5.41) is 14.9. The topological polar surface area (TPSA) is 116 Å².